The Balaban J connectivity index is 2.28. The highest BCUT2D eigenvalue weighted by Crippen LogP contribution is 2.25. The molecule has 0 radical (unpaired) electrons. The van der Waals surface area contributed by atoms with Crippen LogP contribution in [0.2, 0.25) is 0 Å². The molecule has 0 aromatic heterocycles. The minimum Gasteiger partial charge on any atom is -0.508 e. The first kappa shape index (κ1) is 15.1. The highest BCUT2D eigenvalue weighted by atomic mass is 79.9. The second kappa shape index (κ2) is 5.97. The van der Waals surface area contributed by atoms with Crippen LogP contribution in [0, 0.1) is 6.92 Å². The van der Waals surface area contributed by atoms with Crippen LogP contribution in [0.15, 0.2) is 40.9 Å². The summed E-state index contributed by atoms with van der Waals surface area (Å²) in [5, 5.41) is 21.1. The summed E-state index contributed by atoms with van der Waals surface area (Å²) in [7, 11) is 0. The number of carboxylic acid groups (broad SMARTS) is 1. The van der Waals surface area contributed by atoms with Crippen LogP contribution >= 0.6 is 15.9 Å². The van der Waals surface area contributed by atoms with Crippen LogP contribution in [-0.4, -0.2) is 22.1 Å². The number of aryl methyl sites for hydroxylation is 1. The van der Waals surface area contributed by atoms with Crippen molar-refractivity contribution in [1.82, 2.24) is 0 Å². The summed E-state index contributed by atoms with van der Waals surface area (Å²) in [5.41, 5.74) is 1.40. The summed E-state index contributed by atoms with van der Waals surface area (Å²) < 4.78 is 0.580. The fraction of sp³-hybridized carbons (Fsp3) is 0.0667. The van der Waals surface area contributed by atoms with E-state index in [1.165, 1.54) is 24.3 Å². The minimum absolute atomic E-state index is 0.0791. The molecule has 0 aliphatic heterocycles. The van der Waals surface area contributed by atoms with Gasteiger partial charge in [-0.3, -0.25) is 4.79 Å². The number of rotatable bonds is 3. The van der Waals surface area contributed by atoms with E-state index in [1.807, 2.05) is 0 Å². The van der Waals surface area contributed by atoms with Crippen molar-refractivity contribution >= 4 is 33.5 Å². The number of benzene rings is 2. The van der Waals surface area contributed by atoms with E-state index in [2.05, 4.69) is 21.2 Å². The van der Waals surface area contributed by atoms with Gasteiger partial charge in [-0.25, -0.2) is 4.79 Å². The number of hydrogen-bond donors (Lipinski definition) is 3. The predicted molar refractivity (Wildman–Crippen MR) is 81.9 cm³/mol. The number of aromatic carboxylic acids is 1. The third-order valence-electron chi connectivity index (χ3n) is 2.92. The number of carboxylic acids is 1. The molecular weight excluding hydrogens is 338 g/mol. The molecule has 3 N–H and O–H groups in total. The number of phenolic OH excluding ortho intramolecular Hbond substituents is 1. The van der Waals surface area contributed by atoms with Gasteiger partial charge in [0.25, 0.3) is 5.91 Å². The largest absolute Gasteiger partial charge is 0.508 e. The van der Waals surface area contributed by atoms with Crippen LogP contribution in [0.25, 0.3) is 0 Å². The number of halogens is 1. The molecule has 21 heavy (non-hydrogen) atoms. The molecule has 0 fully saturated rings. The van der Waals surface area contributed by atoms with E-state index in [9.17, 15) is 14.7 Å². The van der Waals surface area contributed by atoms with Crippen LogP contribution in [-0.2, 0) is 0 Å². The first-order valence-corrected chi connectivity index (χ1v) is 6.81. The van der Waals surface area contributed by atoms with E-state index in [-0.39, 0.29) is 17.2 Å². The fourth-order valence-corrected chi connectivity index (χ4v) is 2.09. The molecule has 0 saturated carbocycles. The van der Waals surface area contributed by atoms with Gasteiger partial charge in [0.1, 0.15) is 5.75 Å². The van der Waals surface area contributed by atoms with Crippen molar-refractivity contribution < 1.29 is 19.8 Å². The average molecular weight is 350 g/mol. The first-order chi connectivity index (χ1) is 9.88. The van der Waals surface area contributed by atoms with Crippen molar-refractivity contribution in [3.63, 3.8) is 0 Å². The zero-order valence-corrected chi connectivity index (χ0v) is 12.6. The second-order valence-electron chi connectivity index (χ2n) is 4.46. The maximum Gasteiger partial charge on any atom is 0.335 e. The zero-order valence-electron chi connectivity index (χ0n) is 11.1. The third kappa shape index (κ3) is 3.41. The lowest BCUT2D eigenvalue weighted by Crippen LogP contribution is -2.13. The Morgan fingerprint density at radius 3 is 2.38 bits per heavy atom. The summed E-state index contributed by atoms with van der Waals surface area (Å²) in [6.07, 6.45) is 0. The Morgan fingerprint density at radius 1 is 1.10 bits per heavy atom. The molecule has 6 heteroatoms. The zero-order chi connectivity index (χ0) is 15.6. The molecular formula is C15H12BrNO4. The Morgan fingerprint density at radius 2 is 1.76 bits per heavy atom. The lowest BCUT2D eigenvalue weighted by molar-refractivity contribution is 0.0696. The Hall–Kier alpha value is -2.34. The van der Waals surface area contributed by atoms with Crippen LogP contribution in [0.1, 0.15) is 26.3 Å². The van der Waals surface area contributed by atoms with Gasteiger partial charge >= 0.3 is 5.97 Å². The van der Waals surface area contributed by atoms with Gasteiger partial charge in [-0.1, -0.05) is 0 Å². The van der Waals surface area contributed by atoms with Gasteiger partial charge in [-0.15, -0.1) is 0 Å². The second-order valence-corrected chi connectivity index (χ2v) is 5.31. The molecule has 0 atom stereocenters. The number of amides is 1. The number of aromatic hydroxyl groups is 1. The van der Waals surface area contributed by atoms with Crippen LogP contribution in [0.4, 0.5) is 5.69 Å². The van der Waals surface area contributed by atoms with Gasteiger partial charge in [-0.2, -0.15) is 0 Å². The van der Waals surface area contributed by atoms with Crippen molar-refractivity contribution in [2.24, 2.45) is 0 Å². The number of carbonyl (C=O) groups is 2. The molecule has 0 aliphatic rings. The lowest BCUT2D eigenvalue weighted by Gasteiger charge is -2.09. The van der Waals surface area contributed by atoms with Gasteiger partial charge in [0.05, 0.1) is 11.3 Å². The number of nitrogens with one attached hydrogen (secondary N) is 1. The molecule has 1 amide bonds. The normalized spacial score (nSPS) is 10.2. The van der Waals surface area contributed by atoms with E-state index in [1.54, 1.807) is 19.1 Å². The lowest BCUT2D eigenvalue weighted by atomic mass is 10.1. The van der Waals surface area contributed by atoms with Crippen molar-refractivity contribution in [2.45, 2.75) is 6.92 Å². The Bertz CT molecular complexity index is 728. The molecule has 2 aromatic rings. The summed E-state index contributed by atoms with van der Waals surface area (Å²) >= 11 is 3.26. The Kier molecular flexibility index (Phi) is 4.28. The molecule has 0 saturated heterocycles. The molecule has 0 spiro atoms. The highest BCUT2D eigenvalue weighted by molar-refractivity contribution is 9.10. The summed E-state index contributed by atoms with van der Waals surface area (Å²) in [4.78, 5) is 23.1. The molecule has 108 valence electrons. The molecule has 0 aliphatic carbocycles. The SMILES string of the molecule is Cc1cc(C(=O)Nc2cc(C(=O)O)ccc2Br)ccc1O. The quantitative estimate of drug-likeness (QED) is 0.792. The molecule has 2 rings (SSSR count). The van der Waals surface area contributed by atoms with Crippen LogP contribution in [0.5, 0.6) is 5.75 Å². The average Bonchev–Trinajstić information content (AvgIpc) is 2.43. The Labute approximate surface area is 129 Å². The summed E-state index contributed by atoms with van der Waals surface area (Å²) in [6, 6.07) is 8.85. The van der Waals surface area contributed by atoms with Gasteiger partial charge in [0, 0.05) is 10.0 Å². The van der Waals surface area contributed by atoms with Crippen molar-refractivity contribution in [2.75, 3.05) is 5.32 Å². The van der Waals surface area contributed by atoms with Crippen molar-refractivity contribution in [3.8, 4) is 5.75 Å². The van der Waals surface area contributed by atoms with E-state index in [0.29, 0.717) is 21.3 Å². The van der Waals surface area contributed by atoms with E-state index >= 15 is 0 Å². The summed E-state index contributed by atoms with van der Waals surface area (Å²) in [6.45, 7) is 1.69. The smallest absolute Gasteiger partial charge is 0.335 e. The molecule has 0 heterocycles. The van der Waals surface area contributed by atoms with Crippen LogP contribution < -0.4 is 5.32 Å². The van der Waals surface area contributed by atoms with E-state index in [4.69, 9.17) is 5.11 Å². The van der Waals surface area contributed by atoms with Gasteiger partial charge < -0.3 is 15.5 Å². The minimum atomic E-state index is -1.07. The van der Waals surface area contributed by atoms with Crippen molar-refractivity contribution in [3.05, 3.63) is 57.6 Å². The molecule has 0 unspecified atom stereocenters. The first-order valence-electron chi connectivity index (χ1n) is 6.02. The standard InChI is InChI=1S/C15H12BrNO4/c1-8-6-9(3-5-13(8)18)14(19)17-12-7-10(15(20)21)2-4-11(12)16/h2-7,18H,1H3,(H,17,19)(H,20,21). The number of hydrogen-bond acceptors (Lipinski definition) is 3. The molecule has 5 nitrogen and oxygen atoms in total. The topological polar surface area (TPSA) is 86.6 Å². The predicted octanol–water partition coefficient (Wildman–Crippen LogP) is 3.41. The van der Waals surface area contributed by atoms with Gasteiger partial charge in [-0.05, 0) is 64.8 Å². The fourth-order valence-electron chi connectivity index (χ4n) is 1.75. The van der Waals surface area contributed by atoms with E-state index in [0.717, 1.165) is 0 Å². The molecule has 2 aromatic carbocycles. The highest BCUT2D eigenvalue weighted by Gasteiger charge is 2.12. The maximum absolute atomic E-state index is 12.1. The molecule has 0 bridgehead atoms. The third-order valence-corrected chi connectivity index (χ3v) is 3.61. The van der Waals surface area contributed by atoms with Gasteiger partial charge in [0.2, 0.25) is 0 Å². The summed E-state index contributed by atoms with van der Waals surface area (Å²) in [5.74, 6) is -1.35. The van der Waals surface area contributed by atoms with E-state index < -0.39 is 5.97 Å². The van der Waals surface area contributed by atoms with Gasteiger partial charge in [0.15, 0.2) is 0 Å². The van der Waals surface area contributed by atoms with Crippen molar-refractivity contribution in [1.29, 1.82) is 0 Å². The number of anilines is 1. The number of phenols is 1. The number of carbonyl (C=O) groups excluding carboxylic acids is 1. The van der Waals surface area contributed by atoms with Crippen LogP contribution in [0.3, 0.4) is 0 Å². The maximum atomic E-state index is 12.1. The monoisotopic (exact) mass is 349 g/mol.